The fourth-order valence-electron chi connectivity index (χ4n) is 4.66. The average Bonchev–Trinajstić information content (AvgIpc) is 2.94. The molecule has 1 unspecified atom stereocenters. The first-order chi connectivity index (χ1) is 18.4. The second-order valence-electron chi connectivity index (χ2n) is 11.6. The van der Waals surface area contributed by atoms with Crippen molar-refractivity contribution in [3.05, 3.63) is 77.2 Å². The second-order valence-corrected chi connectivity index (χ2v) is 11.6. The Hall–Kier alpha value is -2.29. The first-order valence-electron chi connectivity index (χ1n) is 14.7. The van der Waals surface area contributed by atoms with Gasteiger partial charge in [0.2, 0.25) is 0 Å². The van der Waals surface area contributed by atoms with Crippen LogP contribution in [0.25, 0.3) is 22.0 Å². The number of carbonyl (C=O) groups excluding carboxylic acids is 1. The van der Waals surface area contributed by atoms with Crippen LogP contribution in [0.5, 0.6) is 0 Å². The molecule has 0 aliphatic rings. The Morgan fingerprint density at radius 3 is 2.08 bits per heavy atom. The number of ketones is 1. The maximum atomic E-state index is 12.2. The zero-order chi connectivity index (χ0) is 29.4. The molecule has 1 heterocycles. The smallest absolute Gasteiger partial charge is 0.164 e. The number of nitrogens with zero attached hydrogens (tertiary/aromatic N) is 1. The predicted octanol–water partition coefficient (Wildman–Crippen LogP) is 10.5. The van der Waals surface area contributed by atoms with Gasteiger partial charge in [-0.3, -0.25) is 4.79 Å². The van der Waals surface area contributed by atoms with E-state index in [1.807, 2.05) is 47.7 Å². The summed E-state index contributed by atoms with van der Waals surface area (Å²) in [4.78, 5) is 16.8. The second kappa shape index (κ2) is 15.6. The summed E-state index contributed by atoms with van der Waals surface area (Å²) < 4.78 is 0. The average molecular weight is 721 g/mol. The molecule has 3 nitrogen and oxygen atoms in total. The molecule has 1 atom stereocenters. The van der Waals surface area contributed by atoms with Crippen LogP contribution in [-0.4, -0.2) is 15.9 Å². The summed E-state index contributed by atoms with van der Waals surface area (Å²) in [7, 11) is 0. The summed E-state index contributed by atoms with van der Waals surface area (Å²) in [6.07, 6.45) is 7.82. The van der Waals surface area contributed by atoms with Crippen molar-refractivity contribution in [3.63, 3.8) is 0 Å². The van der Waals surface area contributed by atoms with Crippen LogP contribution in [0.2, 0.25) is 0 Å². The number of fused-ring (bicyclic) bond motifs is 1. The van der Waals surface area contributed by atoms with Crippen LogP contribution in [-0.2, 0) is 24.9 Å². The standard InChI is InChI=1S/C21H22N.C15H28O2.Ir/c1-5-16(4)17-6-7-20-18(13-17)8-9-22-21(20)19-11-14(2)10-15(3)12-19;1-7-14(5,8-2)12(16)11-13(17)15(6,9-3)10-4;/h6-11,13,16H,5H2,1-4H3;11,16H,7-10H2,1-6H3;/q-1;;/b;12-11-;. The molecule has 1 N–H and O–H groups in total. The van der Waals surface area contributed by atoms with E-state index in [1.54, 1.807) is 0 Å². The van der Waals surface area contributed by atoms with Gasteiger partial charge in [0, 0.05) is 43.2 Å². The third-order valence-corrected chi connectivity index (χ3v) is 8.98. The van der Waals surface area contributed by atoms with Crippen LogP contribution in [0.1, 0.15) is 110 Å². The van der Waals surface area contributed by atoms with Gasteiger partial charge in [-0.05, 0) is 66.1 Å². The summed E-state index contributed by atoms with van der Waals surface area (Å²) in [6.45, 7) is 20.8. The summed E-state index contributed by atoms with van der Waals surface area (Å²) in [5, 5.41) is 12.6. The minimum Gasteiger partial charge on any atom is -0.512 e. The maximum absolute atomic E-state index is 12.2. The number of aryl methyl sites for hydroxylation is 2. The minimum absolute atomic E-state index is 0. The molecule has 0 aliphatic carbocycles. The summed E-state index contributed by atoms with van der Waals surface area (Å²) in [6, 6.07) is 16.6. The van der Waals surface area contributed by atoms with Crippen LogP contribution in [0, 0.1) is 30.7 Å². The van der Waals surface area contributed by atoms with Gasteiger partial charge in [-0.15, -0.1) is 34.9 Å². The number of rotatable bonds is 10. The number of allylic oxidation sites excluding steroid dienone is 2. The first kappa shape index (κ1) is 35.7. The number of benzene rings is 2. The van der Waals surface area contributed by atoms with Crippen molar-refractivity contribution in [2.24, 2.45) is 10.8 Å². The zero-order valence-corrected chi connectivity index (χ0v) is 28.8. The molecule has 0 spiro atoms. The van der Waals surface area contributed by atoms with Crippen LogP contribution in [0.15, 0.2) is 54.4 Å². The van der Waals surface area contributed by atoms with Crippen LogP contribution >= 0.6 is 0 Å². The molecular weight excluding hydrogens is 671 g/mol. The normalized spacial score (nSPS) is 12.8. The van der Waals surface area contributed by atoms with E-state index in [9.17, 15) is 9.90 Å². The van der Waals surface area contributed by atoms with Gasteiger partial charge < -0.3 is 10.1 Å². The number of hydrogen-bond donors (Lipinski definition) is 1. The van der Waals surface area contributed by atoms with Gasteiger partial charge in [-0.2, -0.15) is 0 Å². The molecule has 3 rings (SSSR count). The Morgan fingerprint density at radius 2 is 1.55 bits per heavy atom. The van der Waals surface area contributed by atoms with Crippen molar-refractivity contribution in [3.8, 4) is 11.3 Å². The van der Waals surface area contributed by atoms with E-state index >= 15 is 0 Å². The van der Waals surface area contributed by atoms with E-state index in [4.69, 9.17) is 0 Å². The van der Waals surface area contributed by atoms with Crippen molar-refractivity contribution in [2.45, 2.75) is 107 Å². The molecule has 0 amide bonds. The Morgan fingerprint density at radius 1 is 0.950 bits per heavy atom. The molecule has 40 heavy (non-hydrogen) atoms. The van der Waals surface area contributed by atoms with Gasteiger partial charge in [0.1, 0.15) is 5.76 Å². The van der Waals surface area contributed by atoms with Gasteiger partial charge in [0.05, 0.1) is 0 Å². The van der Waals surface area contributed by atoms with Gasteiger partial charge >= 0.3 is 0 Å². The fraction of sp³-hybridized carbons (Fsp3) is 0.500. The number of aliphatic hydroxyl groups excluding tert-OH is 1. The van der Waals surface area contributed by atoms with Crippen LogP contribution in [0.3, 0.4) is 0 Å². The van der Waals surface area contributed by atoms with E-state index in [-0.39, 0.29) is 42.5 Å². The number of pyridine rings is 1. The van der Waals surface area contributed by atoms with E-state index in [2.05, 4.69) is 75.1 Å². The summed E-state index contributed by atoms with van der Waals surface area (Å²) in [5.74, 6) is 0.877. The van der Waals surface area contributed by atoms with E-state index in [0.717, 1.165) is 48.9 Å². The summed E-state index contributed by atoms with van der Waals surface area (Å²) >= 11 is 0. The van der Waals surface area contributed by atoms with Crippen molar-refractivity contribution >= 4 is 16.6 Å². The molecule has 2 aromatic carbocycles. The molecule has 0 bridgehead atoms. The fourth-order valence-corrected chi connectivity index (χ4v) is 4.66. The van der Waals surface area contributed by atoms with Crippen molar-refractivity contribution < 1.29 is 30.0 Å². The third-order valence-electron chi connectivity index (χ3n) is 8.98. The van der Waals surface area contributed by atoms with Gasteiger partial charge in [-0.25, -0.2) is 0 Å². The monoisotopic (exact) mass is 721 g/mol. The molecule has 0 saturated carbocycles. The zero-order valence-electron chi connectivity index (χ0n) is 26.4. The van der Waals surface area contributed by atoms with Crippen LogP contribution in [0.4, 0.5) is 0 Å². The molecule has 3 aromatic rings. The van der Waals surface area contributed by atoms with E-state index < -0.39 is 0 Å². The molecule has 1 aromatic heterocycles. The maximum Gasteiger partial charge on any atom is 0.164 e. The molecule has 1 radical (unpaired) electrons. The third kappa shape index (κ3) is 8.60. The Kier molecular flexibility index (Phi) is 14.0. The quantitative estimate of drug-likeness (QED) is 0.129. The topological polar surface area (TPSA) is 50.2 Å². The Labute approximate surface area is 257 Å². The van der Waals surface area contributed by atoms with Gasteiger partial charge in [-0.1, -0.05) is 87.4 Å². The van der Waals surface area contributed by atoms with Gasteiger partial charge in [0.25, 0.3) is 0 Å². The number of aromatic nitrogens is 1. The van der Waals surface area contributed by atoms with Crippen molar-refractivity contribution in [1.82, 2.24) is 4.98 Å². The van der Waals surface area contributed by atoms with E-state index in [0.29, 0.717) is 5.92 Å². The number of aliphatic hydroxyl groups is 1. The van der Waals surface area contributed by atoms with Crippen molar-refractivity contribution in [2.75, 3.05) is 0 Å². The molecule has 221 valence electrons. The minimum atomic E-state index is -0.337. The Balaban J connectivity index is 0.000000406. The first-order valence-corrected chi connectivity index (χ1v) is 14.7. The van der Waals surface area contributed by atoms with Crippen molar-refractivity contribution in [1.29, 1.82) is 0 Å². The molecule has 0 saturated heterocycles. The van der Waals surface area contributed by atoms with Gasteiger partial charge in [0.15, 0.2) is 5.78 Å². The molecule has 0 fully saturated rings. The SMILES string of the molecule is CCC(C)(CC)C(=O)/C=C(\O)C(C)(CC)CC.CCC(C)c1ccc2c(-c3[c-]c(C)cc(C)c3)nccc2c1.[Ir]. The predicted molar refractivity (Wildman–Crippen MR) is 167 cm³/mol. The largest absolute Gasteiger partial charge is 0.512 e. The van der Waals surface area contributed by atoms with Crippen LogP contribution < -0.4 is 0 Å². The number of hydrogen-bond acceptors (Lipinski definition) is 3. The summed E-state index contributed by atoms with van der Waals surface area (Å²) in [5.41, 5.74) is 5.32. The molecule has 4 heteroatoms. The Bertz CT molecular complexity index is 1260. The molecule has 0 aliphatic heterocycles. The van der Waals surface area contributed by atoms with E-state index in [1.165, 1.54) is 28.0 Å². The molecular formula is C36H50IrNO2-. The number of carbonyl (C=O) groups is 1.